The van der Waals surface area contributed by atoms with Gasteiger partial charge in [-0.1, -0.05) is 0 Å². The molecular weight excluding hydrogens is 486 g/mol. The highest BCUT2D eigenvalue weighted by molar-refractivity contribution is 7.09. The van der Waals surface area contributed by atoms with Crippen molar-refractivity contribution in [1.82, 2.24) is 20.1 Å². The third-order valence-corrected chi connectivity index (χ3v) is 5.66. The number of hydrogen-bond donors (Lipinski definition) is 3. The molecule has 3 N–H and O–H groups in total. The minimum absolute atomic E-state index is 0.0574. The monoisotopic (exact) mass is 508 g/mol. The smallest absolute Gasteiger partial charge is 0.475 e. The molecule has 0 spiro atoms. The van der Waals surface area contributed by atoms with E-state index in [0.717, 1.165) is 26.1 Å². The maximum atomic E-state index is 11.8. The van der Waals surface area contributed by atoms with E-state index in [1.807, 2.05) is 11.6 Å². The normalized spacial score (nSPS) is 23.0. The Bertz CT molecular complexity index is 781. The molecule has 2 saturated heterocycles. The summed E-state index contributed by atoms with van der Waals surface area (Å²) in [5, 5.41) is 20.2. The minimum Gasteiger partial charge on any atom is -0.475 e. The first-order chi connectivity index (χ1) is 15.1. The molecule has 2 aliphatic rings. The predicted molar refractivity (Wildman–Crippen MR) is 102 cm³/mol. The number of likely N-dealkylation sites (tertiary alicyclic amines) is 2. The van der Waals surface area contributed by atoms with Gasteiger partial charge < -0.3 is 15.5 Å². The van der Waals surface area contributed by atoms with Crippen molar-refractivity contribution in [3.8, 4) is 0 Å². The van der Waals surface area contributed by atoms with Crippen LogP contribution in [0.5, 0.6) is 0 Å². The Morgan fingerprint density at radius 2 is 1.64 bits per heavy atom. The van der Waals surface area contributed by atoms with Crippen molar-refractivity contribution >= 4 is 29.2 Å². The molecule has 0 radical (unpaired) electrons. The molecule has 0 aromatic carbocycles. The molecule has 1 aromatic heterocycles. The van der Waals surface area contributed by atoms with Crippen LogP contribution in [0.3, 0.4) is 0 Å². The highest BCUT2D eigenvalue weighted by Crippen LogP contribution is 2.35. The third-order valence-electron chi connectivity index (χ3n) is 4.90. The van der Waals surface area contributed by atoms with Crippen LogP contribution in [0.15, 0.2) is 11.6 Å². The molecule has 33 heavy (non-hydrogen) atoms. The fraction of sp³-hybridized carbons (Fsp3) is 0.647. The van der Waals surface area contributed by atoms with Crippen molar-refractivity contribution < 1.29 is 50.9 Å². The summed E-state index contributed by atoms with van der Waals surface area (Å²) >= 11 is 1.72. The van der Waals surface area contributed by atoms with Crippen molar-refractivity contribution in [2.45, 2.75) is 37.4 Å². The summed E-state index contributed by atoms with van der Waals surface area (Å²) in [7, 11) is 3.80. The maximum absolute atomic E-state index is 11.8. The standard InChI is InChI=1S/C13H20N4OS.2C2HF3O2/c1-14-13(18)10-5-9-6-17(7-11(9)16(10)2)8-12-15-3-4-19-12;2*3-2(4,5)1(6)7/h3-4,9-11H,5-8H2,1-2H3,(H,14,18);2*(H,6,7)/t9-,10-,11+;;/m1../s1. The number of thiazole rings is 1. The predicted octanol–water partition coefficient (Wildman–Crippen LogP) is 1.66. The van der Waals surface area contributed by atoms with Gasteiger partial charge in [-0.15, -0.1) is 11.3 Å². The Hall–Kier alpha value is -2.46. The summed E-state index contributed by atoms with van der Waals surface area (Å²) in [4.78, 5) is 38.7. The number of fused-ring (bicyclic) bond motifs is 1. The van der Waals surface area contributed by atoms with Crippen molar-refractivity contribution in [3.05, 3.63) is 16.6 Å². The van der Waals surface area contributed by atoms with Gasteiger partial charge in [0.2, 0.25) is 5.91 Å². The van der Waals surface area contributed by atoms with E-state index >= 15 is 0 Å². The van der Waals surface area contributed by atoms with E-state index in [1.165, 1.54) is 5.01 Å². The van der Waals surface area contributed by atoms with E-state index < -0.39 is 24.3 Å². The van der Waals surface area contributed by atoms with Crippen LogP contribution in [0, 0.1) is 5.92 Å². The third kappa shape index (κ3) is 8.77. The molecule has 0 unspecified atom stereocenters. The number of rotatable bonds is 3. The van der Waals surface area contributed by atoms with Crippen LogP contribution < -0.4 is 5.32 Å². The Morgan fingerprint density at radius 3 is 2.00 bits per heavy atom. The lowest BCUT2D eigenvalue weighted by Gasteiger charge is -2.25. The molecule has 188 valence electrons. The summed E-state index contributed by atoms with van der Waals surface area (Å²) in [6.07, 6.45) is -7.32. The molecule has 2 fully saturated rings. The summed E-state index contributed by atoms with van der Waals surface area (Å²) < 4.78 is 63.5. The number of carboxylic acid groups (broad SMARTS) is 2. The first-order valence-electron chi connectivity index (χ1n) is 9.22. The zero-order valence-corrected chi connectivity index (χ0v) is 18.2. The zero-order valence-electron chi connectivity index (χ0n) is 17.4. The lowest BCUT2D eigenvalue weighted by molar-refractivity contribution is -0.193. The minimum atomic E-state index is -5.08. The summed E-state index contributed by atoms with van der Waals surface area (Å²) in [6.45, 7) is 3.08. The molecule has 3 rings (SSSR count). The Morgan fingerprint density at radius 1 is 1.12 bits per heavy atom. The quantitative estimate of drug-likeness (QED) is 0.527. The van der Waals surface area contributed by atoms with E-state index in [2.05, 4.69) is 27.1 Å². The van der Waals surface area contributed by atoms with Gasteiger partial charge in [-0.3, -0.25) is 14.6 Å². The first kappa shape index (κ1) is 28.6. The fourth-order valence-corrected chi connectivity index (χ4v) is 4.09. The molecule has 1 amide bonds. The number of amides is 1. The molecule has 3 atom stereocenters. The van der Waals surface area contributed by atoms with Gasteiger partial charge in [0.15, 0.2) is 0 Å². The van der Waals surface area contributed by atoms with Gasteiger partial charge in [0.1, 0.15) is 5.01 Å². The van der Waals surface area contributed by atoms with Crippen LogP contribution in [0.1, 0.15) is 11.4 Å². The Balaban J connectivity index is 0.000000324. The van der Waals surface area contributed by atoms with Crippen LogP contribution in [0.4, 0.5) is 26.3 Å². The molecule has 9 nitrogen and oxygen atoms in total. The lowest BCUT2D eigenvalue weighted by Crippen LogP contribution is -2.44. The van der Waals surface area contributed by atoms with Gasteiger partial charge in [0.25, 0.3) is 0 Å². The van der Waals surface area contributed by atoms with Gasteiger partial charge in [0.05, 0.1) is 12.6 Å². The van der Waals surface area contributed by atoms with E-state index in [1.54, 1.807) is 18.4 Å². The first-order valence-corrected chi connectivity index (χ1v) is 10.1. The number of nitrogens with zero attached hydrogens (tertiary/aromatic N) is 3. The van der Waals surface area contributed by atoms with E-state index in [-0.39, 0.29) is 11.9 Å². The van der Waals surface area contributed by atoms with Gasteiger partial charge in [-0.05, 0) is 19.4 Å². The van der Waals surface area contributed by atoms with Crippen molar-refractivity contribution in [1.29, 1.82) is 0 Å². The molecule has 0 aliphatic carbocycles. The second-order valence-electron chi connectivity index (χ2n) is 7.08. The van der Waals surface area contributed by atoms with Crippen molar-refractivity contribution in [2.24, 2.45) is 5.92 Å². The van der Waals surface area contributed by atoms with Gasteiger partial charge in [-0.25, -0.2) is 14.6 Å². The van der Waals surface area contributed by atoms with Crippen LogP contribution in [-0.4, -0.2) is 94.5 Å². The van der Waals surface area contributed by atoms with Crippen molar-refractivity contribution in [2.75, 3.05) is 27.2 Å². The van der Waals surface area contributed by atoms with Crippen LogP contribution in [0.25, 0.3) is 0 Å². The summed E-state index contributed by atoms with van der Waals surface area (Å²) in [5.74, 6) is -4.74. The van der Waals surface area contributed by atoms with E-state index in [9.17, 15) is 31.1 Å². The second-order valence-corrected chi connectivity index (χ2v) is 8.06. The van der Waals surface area contributed by atoms with Crippen LogP contribution >= 0.6 is 11.3 Å². The van der Waals surface area contributed by atoms with Crippen LogP contribution in [0.2, 0.25) is 0 Å². The number of aromatic nitrogens is 1. The molecule has 0 bridgehead atoms. The molecule has 2 aliphatic heterocycles. The van der Waals surface area contributed by atoms with E-state index in [4.69, 9.17) is 19.8 Å². The summed E-state index contributed by atoms with van der Waals surface area (Å²) in [6, 6.07) is 0.573. The number of carbonyl (C=O) groups excluding carboxylic acids is 1. The number of carboxylic acids is 2. The molecule has 3 heterocycles. The average Bonchev–Trinajstić information content (AvgIpc) is 3.40. The maximum Gasteiger partial charge on any atom is 0.490 e. The van der Waals surface area contributed by atoms with Crippen LogP contribution in [-0.2, 0) is 20.9 Å². The highest BCUT2D eigenvalue weighted by atomic mass is 32.1. The average molecular weight is 508 g/mol. The number of likely N-dealkylation sites (N-methyl/N-ethyl adjacent to an activating group) is 2. The molecule has 16 heteroatoms. The Labute approximate surface area is 188 Å². The van der Waals surface area contributed by atoms with Gasteiger partial charge in [0, 0.05) is 37.8 Å². The number of carbonyl (C=O) groups is 3. The lowest BCUT2D eigenvalue weighted by atomic mass is 10.0. The summed E-state index contributed by atoms with van der Waals surface area (Å²) in [5.41, 5.74) is 0. The number of hydrogen-bond acceptors (Lipinski definition) is 7. The second kappa shape index (κ2) is 11.6. The highest BCUT2D eigenvalue weighted by Gasteiger charge is 2.46. The molecular formula is C17H22F6N4O5S. The van der Waals surface area contributed by atoms with Gasteiger partial charge in [-0.2, -0.15) is 26.3 Å². The number of alkyl halides is 6. The largest absolute Gasteiger partial charge is 0.490 e. The molecule has 0 saturated carbocycles. The Kier molecular flexibility index (Phi) is 10.0. The fourth-order valence-electron chi connectivity index (χ4n) is 3.43. The van der Waals surface area contributed by atoms with Crippen molar-refractivity contribution in [3.63, 3.8) is 0 Å². The van der Waals surface area contributed by atoms with E-state index in [0.29, 0.717) is 12.0 Å². The number of nitrogens with one attached hydrogen (secondary N) is 1. The SMILES string of the molecule is CNC(=O)[C@H]1C[C@@H]2CN(Cc3nccs3)C[C@@H]2N1C.O=C(O)C(F)(F)F.O=C(O)C(F)(F)F. The topological polar surface area (TPSA) is 123 Å². The number of aliphatic carboxylic acids is 2. The molecule has 1 aromatic rings. The number of halogens is 6. The zero-order chi connectivity index (χ0) is 25.6. The van der Waals surface area contributed by atoms with Gasteiger partial charge >= 0.3 is 24.3 Å².